The van der Waals surface area contributed by atoms with E-state index in [2.05, 4.69) is 18.6 Å². The van der Waals surface area contributed by atoms with Gasteiger partial charge in [-0.25, -0.2) is 13.1 Å². The average Bonchev–Trinajstić information content (AvgIpc) is 2.65. The molecule has 0 aromatic heterocycles. The van der Waals surface area contributed by atoms with Gasteiger partial charge in [-0.2, -0.15) is 0 Å². The van der Waals surface area contributed by atoms with Crippen LogP contribution >= 0.6 is 23.2 Å². The molecule has 0 saturated heterocycles. The summed E-state index contributed by atoms with van der Waals surface area (Å²) in [5, 5.41) is 0.672. The highest BCUT2D eigenvalue weighted by molar-refractivity contribution is 7.89. The molecule has 21 heavy (non-hydrogen) atoms. The van der Waals surface area contributed by atoms with E-state index in [0.717, 1.165) is 19.3 Å². The van der Waals surface area contributed by atoms with Crippen LogP contribution in [0.1, 0.15) is 44.2 Å². The van der Waals surface area contributed by atoms with Crippen LogP contribution in [-0.4, -0.2) is 14.5 Å². The molecule has 1 aliphatic rings. The lowest BCUT2D eigenvalue weighted by atomic mass is 9.92. The fraction of sp³-hybridized carbons (Fsp3) is 0.600. The van der Waals surface area contributed by atoms with E-state index in [0.29, 0.717) is 16.1 Å². The van der Waals surface area contributed by atoms with Crippen LogP contribution < -0.4 is 4.72 Å². The molecule has 1 fully saturated rings. The summed E-state index contributed by atoms with van der Waals surface area (Å²) in [7, 11) is -3.67. The van der Waals surface area contributed by atoms with Gasteiger partial charge in [0.05, 0.1) is 5.02 Å². The Bertz CT molecular complexity index is 642. The molecule has 3 nitrogen and oxygen atoms in total. The molecule has 0 heterocycles. The smallest absolute Gasteiger partial charge is 0.208 e. The molecule has 1 N–H and O–H groups in total. The number of rotatable bonds is 3. The van der Waals surface area contributed by atoms with Crippen molar-refractivity contribution < 1.29 is 8.42 Å². The summed E-state index contributed by atoms with van der Waals surface area (Å²) in [6.45, 7) is 7.75. The van der Waals surface area contributed by atoms with E-state index in [1.165, 1.54) is 0 Å². The molecule has 1 aromatic rings. The third kappa shape index (κ3) is 3.55. The summed E-state index contributed by atoms with van der Waals surface area (Å²) < 4.78 is 28.2. The molecule has 6 heteroatoms. The Hall–Kier alpha value is -0.290. The standard InChI is InChI=1S/C15H21Cl2NO2S/c1-9-7-12(16)10(2)14(13(9)17)21(19,20)18-11-5-6-15(3,4)8-11/h7,11,18H,5-6,8H2,1-4H3. The zero-order valence-electron chi connectivity index (χ0n) is 12.8. The molecular formula is C15H21Cl2NO2S. The summed E-state index contributed by atoms with van der Waals surface area (Å²) in [5.41, 5.74) is 1.34. The monoisotopic (exact) mass is 349 g/mol. The number of aryl methyl sites for hydroxylation is 1. The maximum Gasteiger partial charge on any atom is 0.242 e. The van der Waals surface area contributed by atoms with Gasteiger partial charge in [0.25, 0.3) is 0 Å². The molecule has 1 saturated carbocycles. The molecule has 2 rings (SSSR count). The highest BCUT2D eigenvalue weighted by Gasteiger charge is 2.34. The van der Waals surface area contributed by atoms with Crippen LogP contribution in [0.15, 0.2) is 11.0 Å². The van der Waals surface area contributed by atoms with Crippen molar-refractivity contribution in [1.29, 1.82) is 0 Å². The Morgan fingerprint density at radius 2 is 1.90 bits per heavy atom. The van der Waals surface area contributed by atoms with Crippen molar-refractivity contribution in [2.75, 3.05) is 0 Å². The first-order chi connectivity index (χ1) is 9.53. The van der Waals surface area contributed by atoms with Crippen LogP contribution in [0, 0.1) is 19.3 Å². The van der Waals surface area contributed by atoms with Crippen molar-refractivity contribution in [3.8, 4) is 0 Å². The lowest BCUT2D eigenvalue weighted by Gasteiger charge is -2.19. The fourth-order valence-corrected chi connectivity index (χ4v) is 5.43. The van der Waals surface area contributed by atoms with Gasteiger partial charge in [-0.3, -0.25) is 0 Å². The van der Waals surface area contributed by atoms with Gasteiger partial charge in [0.1, 0.15) is 4.90 Å². The van der Waals surface area contributed by atoms with Gasteiger partial charge >= 0.3 is 0 Å². The zero-order chi connectivity index (χ0) is 16.0. The molecule has 1 unspecified atom stereocenters. The SMILES string of the molecule is Cc1cc(Cl)c(C)c(S(=O)(=O)NC2CCC(C)(C)C2)c1Cl. The highest BCUT2D eigenvalue weighted by Crippen LogP contribution is 2.39. The second-order valence-corrected chi connectivity index (χ2v) is 9.10. The Labute approximate surface area is 137 Å². The molecule has 1 aromatic carbocycles. The molecule has 1 aliphatic carbocycles. The maximum absolute atomic E-state index is 12.7. The van der Waals surface area contributed by atoms with Gasteiger partial charge < -0.3 is 0 Å². The Morgan fingerprint density at radius 3 is 2.43 bits per heavy atom. The van der Waals surface area contributed by atoms with Crippen molar-refractivity contribution in [3.05, 3.63) is 27.2 Å². The molecule has 0 amide bonds. The maximum atomic E-state index is 12.7. The number of halogens is 2. The van der Waals surface area contributed by atoms with Gasteiger partial charge in [-0.1, -0.05) is 37.0 Å². The minimum absolute atomic E-state index is 0.0419. The molecule has 0 spiro atoms. The second kappa shape index (κ2) is 5.73. The average molecular weight is 350 g/mol. The van der Waals surface area contributed by atoms with Gasteiger partial charge in [-0.15, -0.1) is 0 Å². The molecule has 118 valence electrons. The van der Waals surface area contributed by atoms with Crippen molar-refractivity contribution in [1.82, 2.24) is 4.72 Å². The third-order valence-electron chi connectivity index (χ3n) is 4.15. The molecule has 0 bridgehead atoms. The second-order valence-electron chi connectivity index (χ2n) is 6.67. The van der Waals surface area contributed by atoms with E-state index < -0.39 is 10.0 Å². The third-order valence-corrected chi connectivity index (χ3v) is 6.83. The fourth-order valence-electron chi connectivity index (χ4n) is 2.95. The lowest BCUT2D eigenvalue weighted by Crippen LogP contribution is -2.34. The first kappa shape index (κ1) is 17.1. The van der Waals surface area contributed by atoms with Crippen LogP contribution in [-0.2, 0) is 10.0 Å². The molecule has 0 radical (unpaired) electrons. The number of benzene rings is 1. The van der Waals surface area contributed by atoms with Crippen LogP contribution in [0.25, 0.3) is 0 Å². The number of sulfonamides is 1. The Kier molecular flexibility index (Phi) is 4.66. The van der Waals surface area contributed by atoms with Gasteiger partial charge in [0.15, 0.2) is 0 Å². The van der Waals surface area contributed by atoms with Gasteiger partial charge in [0.2, 0.25) is 10.0 Å². The van der Waals surface area contributed by atoms with Gasteiger partial charge in [-0.05, 0) is 55.7 Å². The van der Waals surface area contributed by atoms with Crippen molar-refractivity contribution in [2.24, 2.45) is 5.41 Å². The minimum Gasteiger partial charge on any atom is -0.208 e. The van der Waals surface area contributed by atoms with Crippen LogP contribution in [0.5, 0.6) is 0 Å². The predicted octanol–water partition coefficient (Wildman–Crippen LogP) is 4.47. The van der Waals surface area contributed by atoms with Crippen LogP contribution in [0.3, 0.4) is 0 Å². The minimum atomic E-state index is -3.67. The number of nitrogens with one attached hydrogen (secondary N) is 1. The summed E-state index contributed by atoms with van der Waals surface area (Å²) in [6, 6.07) is 1.65. The largest absolute Gasteiger partial charge is 0.242 e. The molecular weight excluding hydrogens is 329 g/mol. The first-order valence-corrected chi connectivity index (χ1v) is 9.25. The summed E-state index contributed by atoms with van der Waals surface area (Å²) in [5.74, 6) is 0. The normalized spacial score (nSPS) is 21.7. The molecule has 1 atom stereocenters. The first-order valence-electron chi connectivity index (χ1n) is 7.01. The van der Waals surface area contributed by atoms with Gasteiger partial charge in [0, 0.05) is 11.1 Å². The summed E-state index contributed by atoms with van der Waals surface area (Å²) in [6.07, 6.45) is 2.70. The van der Waals surface area contributed by atoms with Crippen LogP contribution in [0.2, 0.25) is 10.0 Å². The zero-order valence-corrected chi connectivity index (χ0v) is 15.1. The van der Waals surface area contributed by atoms with Crippen LogP contribution in [0.4, 0.5) is 0 Å². The Balaban J connectivity index is 2.37. The number of hydrogen-bond donors (Lipinski definition) is 1. The Morgan fingerprint density at radius 1 is 1.29 bits per heavy atom. The van der Waals surface area contributed by atoms with E-state index >= 15 is 0 Å². The van der Waals surface area contributed by atoms with E-state index in [1.54, 1.807) is 19.9 Å². The molecule has 0 aliphatic heterocycles. The predicted molar refractivity (Wildman–Crippen MR) is 87.7 cm³/mol. The van der Waals surface area contributed by atoms with Crippen molar-refractivity contribution >= 4 is 33.2 Å². The quantitative estimate of drug-likeness (QED) is 0.874. The number of hydrogen-bond acceptors (Lipinski definition) is 2. The topological polar surface area (TPSA) is 46.2 Å². The lowest BCUT2D eigenvalue weighted by molar-refractivity contribution is 0.372. The highest BCUT2D eigenvalue weighted by atomic mass is 35.5. The summed E-state index contributed by atoms with van der Waals surface area (Å²) >= 11 is 12.3. The van der Waals surface area contributed by atoms with Crippen molar-refractivity contribution in [2.45, 2.75) is 57.9 Å². The van der Waals surface area contributed by atoms with Crippen molar-refractivity contribution in [3.63, 3.8) is 0 Å². The summed E-state index contributed by atoms with van der Waals surface area (Å²) in [4.78, 5) is 0.110. The van der Waals surface area contributed by atoms with E-state index in [4.69, 9.17) is 23.2 Å². The van der Waals surface area contributed by atoms with E-state index in [-0.39, 0.29) is 21.4 Å². The van der Waals surface area contributed by atoms with E-state index in [9.17, 15) is 8.42 Å². The van der Waals surface area contributed by atoms with E-state index in [1.807, 2.05) is 0 Å².